The number of carbonyl (C=O) groups is 1. The normalized spacial score (nSPS) is 14.0. The number of primary amides is 1. The summed E-state index contributed by atoms with van der Waals surface area (Å²) in [6.45, 7) is 1.99. The van der Waals surface area contributed by atoms with Crippen LogP contribution in [-0.4, -0.2) is 44.1 Å². The van der Waals surface area contributed by atoms with Crippen molar-refractivity contribution in [2.75, 3.05) is 18.0 Å². The number of anilines is 1. The lowest BCUT2D eigenvalue weighted by Gasteiger charge is -2.27. The van der Waals surface area contributed by atoms with Crippen molar-refractivity contribution in [1.29, 1.82) is 0 Å². The Balaban J connectivity index is 0.000000146. The SMILES string of the molecule is NC(=O)c1ncc2[nH]ccc2n1.O=c1[nH]nccc1N1CCCCC1. The van der Waals surface area contributed by atoms with E-state index >= 15 is 0 Å². The number of aromatic amines is 2. The van der Waals surface area contributed by atoms with Crippen LogP contribution < -0.4 is 16.2 Å². The van der Waals surface area contributed by atoms with Gasteiger partial charge in [-0.2, -0.15) is 5.10 Å². The number of amides is 1. The van der Waals surface area contributed by atoms with Gasteiger partial charge in [0, 0.05) is 25.5 Å². The summed E-state index contributed by atoms with van der Waals surface area (Å²) in [4.78, 5) is 34.7. The van der Waals surface area contributed by atoms with Gasteiger partial charge in [0.2, 0.25) is 5.82 Å². The Hall–Kier alpha value is -3.23. The van der Waals surface area contributed by atoms with Crippen LogP contribution in [0.1, 0.15) is 29.9 Å². The Morgan fingerprint density at radius 1 is 1.20 bits per heavy atom. The number of carbonyl (C=O) groups excluding carboxylic acids is 1. The highest BCUT2D eigenvalue weighted by Crippen LogP contribution is 2.14. The maximum absolute atomic E-state index is 11.4. The molecule has 9 nitrogen and oxygen atoms in total. The molecule has 0 bridgehead atoms. The van der Waals surface area contributed by atoms with Crippen LogP contribution in [0, 0.1) is 0 Å². The molecular weight excluding hydrogens is 322 g/mol. The van der Waals surface area contributed by atoms with Crippen LogP contribution in [-0.2, 0) is 0 Å². The van der Waals surface area contributed by atoms with Crippen molar-refractivity contribution in [2.45, 2.75) is 19.3 Å². The lowest BCUT2D eigenvalue weighted by Crippen LogP contribution is -2.33. The molecule has 4 heterocycles. The van der Waals surface area contributed by atoms with Crippen LogP contribution in [0.4, 0.5) is 5.69 Å². The highest BCUT2D eigenvalue weighted by atomic mass is 16.1. The number of H-pyrrole nitrogens is 2. The van der Waals surface area contributed by atoms with E-state index in [0.29, 0.717) is 5.52 Å². The zero-order valence-corrected chi connectivity index (χ0v) is 13.6. The van der Waals surface area contributed by atoms with Gasteiger partial charge in [-0.3, -0.25) is 9.59 Å². The number of fused-ring (bicyclic) bond motifs is 1. The molecule has 0 radical (unpaired) electrons. The predicted octanol–water partition coefficient (Wildman–Crippen LogP) is 0.817. The first kappa shape index (κ1) is 16.6. The van der Waals surface area contributed by atoms with Crippen LogP contribution in [0.5, 0.6) is 0 Å². The van der Waals surface area contributed by atoms with Crippen LogP contribution in [0.3, 0.4) is 0 Å². The molecule has 1 fully saturated rings. The molecular formula is C16H19N7O2. The van der Waals surface area contributed by atoms with Gasteiger partial charge in [-0.1, -0.05) is 0 Å². The highest BCUT2D eigenvalue weighted by molar-refractivity contribution is 5.90. The average Bonchev–Trinajstić information content (AvgIpc) is 3.11. The largest absolute Gasteiger partial charge is 0.367 e. The van der Waals surface area contributed by atoms with E-state index in [2.05, 4.69) is 30.0 Å². The Bertz CT molecular complexity index is 912. The lowest BCUT2D eigenvalue weighted by molar-refractivity contribution is 0.0991. The van der Waals surface area contributed by atoms with Gasteiger partial charge in [-0.15, -0.1) is 0 Å². The summed E-state index contributed by atoms with van der Waals surface area (Å²) in [5, 5.41) is 6.13. The number of hydrogen-bond acceptors (Lipinski definition) is 6. The number of aromatic nitrogens is 5. The molecule has 1 aliphatic rings. The van der Waals surface area contributed by atoms with Crippen molar-refractivity contribution >= 4 is 22.6 Å². The molecule has 130 valence electrons. The number of nitrogens with zero attached hydrogens (tertiary/aromatic N) is 4. The molecule has 0 atom stereocenters. The standard InChI is InChI=1S/C9H13N3O.C7H6N4O/c13-9-8(4-5-10-11-9)12-6-2-1-3-7-12;8-6(12)7-10-3-5-4(11-7)1-2-9-5/h4-5H,1-3,6-7H2,(H,11,13);1-3,9H,(H2,8,12). The minimum atomic E-state index is -0.613. The van der Waals surface area contributed by atoms with E-state index in [-0.39, 0.29) is 11.4 Å². The Morgan fingerprint density at radius 3 is 2.72 bits per heavy atom. The maximum atomic E-state index is 11.4. The van der Waals surface area contributed by atoms with Gasteiger partial charge in [0.25, 0.3) is 11.5 Å². The van der Waals surface area contributed by atoms with Crippen LogP contribution in [0.2, 0.25) is 0 Å². The Kier molecular flexibility index (Phi) is 5.03. The topological polar surface area (TPSA) is 134 Å². The molecule has 25 heavy (non-hydrogen) atoms. The summed E-state index contributed by atoms with van der Waals surface area (Å²) in [6, 6.07) is 3.54. The number of piperidine rings is 1. The van der Waals surface area contributed by atoms with Gasteiger partial charge in [0.05, 0.1) is 17.2 Å². The van der Waals surface area contributed by atoms with Crippen molar-refractivity contribution < 1.29 is 4.79 Å². The molecule has 4 N–H and O–H groups in total. The van der Waals surface area contributed by atoms with E-state index in [9.17, 15) is 9.59 Å². The van der Waals surface area contributed by atoms with Crippen molar-refractivity contribution in [3.8, 4) is 0 Å². The second kappa shape index (κ2) is 7.56. The van der Waals surface area contributed by atoms with Crippen LogP contribution in [0.15, 0.2) is 35.5 Å². The highest BCUT2D eigenvalue weighted by Gasteiger charge is 2.13. The van der Waals surface area contributed by atoms with Crippen molar-refractivity contribution in [3.63, 3.8) is 0 Å². The molecule has 9 heteroatoms. The summed E-state index contributed by atoms with van der Waals surface area (Å²) in [5.41, 5.74) is 7.16. The first-order valence-corrected chi connectivity index (χ1v) is 8.04. The lowest BCUT2D eigenvalue weighted by atomic mass is 10.1. The summed E-state index contributed by atoms with van der Waals surface area (Å²) >= 11 is 0. The van der Waals surface area contributed by atoms with E-state index in [1.807, 2.05) is 0 Å². The van der Waals surface area contributed by atoms with Crippen LogP contribution in [0.25, 0.3) is 11.0 Å². The van der Waals surface area contributed by atoms with E-state index in [0.717, 1.165) is 24.3 Å². The Morgan fingerprint density at radius 2 is 2.00 bits per heavy atom. The van der Waals surface area contributed by atoms with E-state index < -0.39 is 5.91 Å². The fourth-order valence-corrected chi connectivity index (χ4v) is 2.68. The third-order valence-electron chi connectivity index (χ3n) is 3.92. The van der Waals surface area contributed by atoms with E-state index in [1.54, 1.807) is 24.5 Å². The molecule has 0 aliphatic carbocycles. The molecule has 1 amide bonds. The number of nitrogens with two attached hydrogens (primary N) is 1. The van der Waals surface area contributed by atoms with Gasteiger partial charge >= 0.3 is 0 Å². The molecule has 1 saturated heterocycles. The number of nitrogens with one attached hydrogen (secondary N) is 2. The quantitative estimate of drug-likeness (QED) is 0.632. The monoisotopic (exact) mass is 341 g/mol. The first-order chi connectivity index (χ1) is 12.1. The number of hydrogen-bond donors (Lipinski definition) is 3. The zero-order chi connectivity index (χ0) is 17.6. The maximum Gasteiger partial charge on any atom is 0.287 e. The van der Waals surface area contributed by atoms with Crippen LogP contribution >= 0.6 is 0 Å². The van der Waals surface area contributed by atoms with Gasteiger partial charge in [-0.25, -0.2) is 15.1 Å². The third-order valence-corrected chi connectivity index (χ3v) is 3.92. The minimum absolute atomic E-state index is 0.0436. The van der Waals surface area contributed by atoms with Gasteiger partial charge in [0.1, 0.15) is 5.69 Å². The second-order valence-corrected chi connectivity index (χ2v) is 5.65. The molecule has 0 spiro atoms. The predicted molar refractivity (Wildman–Crippen MR) is 93.3 cm³/mol. The summed E-state index contributed by atoms with van der Waals surface area (Å²) in [5.74, 6) is -0.569. The van der Waals surface area contributed by atoms with Gasteiger partial charge in [0.15, 0.2) is 0 Å². The number of rotatable bonds is 2. The molecule has 0 aromatic carbocycles. The van der Waals surface area contributed by atoms with Crippen molar-refractivity contribution in [2.24, 2.45) is 5.73 Å². The average molecular weight is 341 g/mol. The van der Waals surface area contributed by atoms with Crippen molar-refractivity contribution in [1.82, 2.24) is 25.1 Å². The minimum Gasteiger partial charge on any atom is -0.367 e. The molecule has 3 aromatic rings. The van der Waals surface area contributed by atoms with E-state index in [1.165, 1.54) is 25.5 Å². The van der Waals surface area contributed by atoms with Crippen molar-refractivity contribution in [3.05, 3.63) is 46.9 Å². The second-order valence-electron chi connectivity index (χ2n) is 5.65. The molecule has 4 rings (SSSR count). The molecule has 0 unspecified atom stereocenters. The molecule has 3 aromatic heterocycles. The third kappa shape index (κ3) is 4.00. The summed E-state index contributed by atoms with van der Waals surface area (Å²) in [6.07, 6.45) is 8.53. The van der Waals surface area contributed by atoms with E-state index in [4.69, 9.17) is 5.73 Å². The van der Waals surface area contributed by atoms with Gasteiger partial charge in [-0.05, 0) is 31.4 Å². The smallest absolute Gasteiger partial charge is 0.287 e. The Labute approximate surface area is 143 Å². The molecule has 0 saturated carbocycles. The fourth-order valence-electron chi connectivity index (χ4n) is 2.68. The summed E-state index contributed by atoms with van der Waals surface area (Å²) in [7, 11) is 0. The first-order valence-electron chi connectivity index (χ1n) is 8.04. The fraction of sp³-hybridized carbons (Fsp3) is 0.312. The van der Waals surface area contributed by atoms with Gasteiger partial charge < -0.3 is 15.6 Å². The summed E-state index contributed by atoms with van der Waals surface area (Å²) < 4.78 is 0. The molecule has 1 aliphatic heterocycles. The zero-order valence-electron chi connectivity index (χ0n) is 13.6.